The topological polar surface area (TPSA) is 22.6 Å². The molecular formula is C23H21F2N4Pt-3. The number of benzene rings is 2. The molecule has 0 N–H and O–H groups in total. The maximum absolute atomic E-state index is 13.5. The van der Waals surface area contributed by atoms with Crippen molar-refractivity contribution in [1.82, 2.24) is 9.88 Å². The SMILES string of the molecule is CN(C)c1ccnc(-c2[c-]cc(F)cc2F)c1.CN1C=CN(c2[c-]cccc2)[CH-]1.[Pt]. The minimum Gasteiger partial charge on any atom is -0.510 e. The van der Waals surface area contributed by atoms with E-state index in [1.807, 2.05) is 85.2 Å². The van der Waals surface area contributed by atoms with Crippen LogP contribution in [0.5, 0.6) is 0 Å². The summed E-state index contributed by atoms with van der Waals surface area (Å²) in [5.74, 6) is -1.30. The Hall–Kier alpha value is -2.72. The third kappa shape index (κ3) is 6.14. The van der Waals surface area contributed by atoms with Crippen molar-refractivity contribution in [2.45, 2.75) is 0 Å². The van der Waals surface area contributed by atoms with E-state index in [9.17, 15) is 8.78 Å². The van der Waals surface area contributed by atoms with Crippen LogP contribution in [0, 0.1) is 30.4 Å². The zero-order valence-corrected chi connectivity index (χ0v) is 19.1. The van der Waals surface area contributed by atoms with E-state index in [0.717, 1.165) is 23.5 Å². The molecule has 0 bridgehead atoms. The van der Waals surface area contributed by atoms with Gasteiger partial charge in [0.2, 0.25) is 0 Å². The minimum absolute atomic E-state index is 0. The Labute approximate surface area is 190 Å². The Morgan fingerprint density at radius 1 is 1.07 bits per heavy atom. The number of hydrogen-bond donors (Lipinski definition) is 0. The number of pyridine rings is 1. The molecule has 1 aliphatic rings. The Balaban J connectivity index is 0.000000218. The van der Waals surface area contributed by atoms with Crippen LogP contribution < -0.4 is 9.80 Å². The average molecular weight is 587 g/mol. The van der Waals surface area contributed by atoms with Crippen LogP contribution in [0.1, 0.15) is 0 Å². The molecule has 2 aromatic carbocycles. The van der Waals surface area contributed by atoms with Crippen molar-refractivity contribution in [2.75, 3.05) is 30.9 Å². The zero-order chi connectivity index (χ0) is 20.8. The molecule has 2 heterocycles. The van der Waals surface area contributed by atoms with E-state index in [-0.39, 0.29) is 26.6 Å². The van der Waals surface area contributed by atoms with Crippen LogP contribution in [0.3, 0.4) is 0 Å². The van der Waals surface area contributed by atoms with Gasteiger partial charge >= 0.3 is 0 Å². The van der Waals surface area contributed by atoms with Gasteiger partial charge in [0.15, 0.2) is 0 Å². The van der Waals surface area contributed by atoms with Crippen molar-refractivity contribution in [1.29, 1.82) is 0 Å². The molecule has 0 saturated carbocycles. The van der Waals surface area contributed by atoms with Crippen molar-refractivity contribution >= 4 is 11.4 Å². The molecule has 30 heavy (non-hydrogen) atoms. The number of halogens is 2. The Kier molecular flexibility index (Phi) is 8.55. The van der Waals surface area contributed by atoms with E-state index in [0.29, 0.717) is 5.69 Å². The third-order valence-electron chi connectivity index (χ3n) is 4.11. The Bertz CT molecular complexity index is 980. The van der Waals surface area contributed by atoms with Crippen molar-refractivity contribution in [2.24, 2.45) is 0 Å². The zero-order valence-electron chi connectivity index (χ0n) is 16.8. The summed E-state index contributed by atoms with van der Waals surface area (Å²) in [6.07, 6.45) is 5.59. The van der Waals surface area contributed by atoms with Crippen LogP contribution >= 0.6 is 0 Å². The normalized spacial score (nSPS) is 12.2. The molecule has 0 radical (unpaired) electrons. The van der Waals surface area contributed by atoms with Gasteiger partial charge in [-0.1, -0.05) is 17.7 Å². The van der Waals surface area contributed by atoms with Gasteiger partial charge in [0.25, 0.3) is 0 Å². The van der Waals surface area contributed by atoms with Crippen molar-refractivity contribution in [3.63, 3.8) is 0 Å². The van der Waals surface area contributed by atoms with Crippen molar-refractivity contribution in [3.8, 4) is 11.3 Å². The molecule has 160 valence electrons. The van der Waals surface area contributed by atoms with Gasteiger partial charge in [-0.25, -0.2) is 0 Å². The van der Waals surface area contributed by atoms with Gasteiger partial charge in [-0.2, -0.15) is 37.0 Å². The second-order valence-corrected chi connectivity index (χ2v) is 6.57. The molecule has 1 aromatic heterocycles. The molecule has 0 spiro atoms. The summed E-state index contributed by atoms with van der Waals surface area (Å²) in [6, 6.07) is 19.1. The van der Waals surface area contributed by atoms with Gasteiger partial charge in [-0.3, -0.25) is 8.78 Å². The monoisotopic (exact) mass is 586 g/mol. The first-order valence-corrected chi connectivity index (χ1v) is 8.95. The summed E-state index contributed by atoms with van der Waals surface area (Å²) in [5, 5.41) is 0. The predicted octanol–water partition coefficient (Wildman–Crippen LogP) is 4.72. The van der Waals surface area contributed by atoms with Crippen LogP contribution in [0.4, 0.5) is 20.2 Å². The Morgan fingerprint density at radius 3 is 2.47 bits per heavy atom. The van der Waals surface area contributed by atoms with E-state index in [1.165, 1.54) is 0 Å². The maximum Gasteiger partial charge on any atom is 0.0408 e. The van der Waals surface area contributed by atoms with Crippen LogP contribution in [-0.4, -0.2) is 31.0 Å². The molecule has 0 saturated heterocycles. The molecule has 7 heteroatoms. The average Bonchev–Trinajstić information content (AvgIpc) is 3.16. The molecule has 0 amide bonds. The van der Waals surface area contributed by atoms with Gasteiger partial charge in [0, 0.05) is 58.7 Å². The maximum atomic E-state index is 13.5. The van der Waals surface area contributed by atoms with Gasteiger partial charge in [0.05, 0.1) is 0 Å². The summed E-state index contributed by atoms with van der Waals surface area (Å²) < 4.78 is 26.3. The fourth-order valence-corrected chi connectivity index (χ4v) is 2.61. The smallest absolute Gasteiger partial charge is 0.0408 e. The van der Waals surface area contributed by atoms with Crippen molar-refractivity contribution < 1.29 is 29.8 Å². The van der Waals surface area contributed by atoms with E-state index in [2.05, 4.69) is 17.1 Å². The molecule has 0 aliphatic carbocycles. The second kappa shape index (κ2) is 10.9. The largest absolute Gasteiger partial charge is 0.510 e. The summed E-state index contributed by atoms with van der Waals surface area (Å²) in [7, 11) is 5.76. The molecule has 3 aromatic rings. The van der Waals surface area contributed by atoms with Gasteiger partial charge in [-0.05, 0) is 31.2 Å². The predicted molar refractivity (Wildman–Crippen MR) is 112 cm³/mol. The van der Waals surface area contributed by atoms with Gasteiger partial charge in [-0.15, -0.1) is 17.8 Å². The van der Waals surface area contributed by atoms with Crippen LogP contribution in [-0.2, 0) is 21.1 Å². The molecule has 0 atom stereocenters. The first-order valence-electron chi connectivity index (χ1n) is 8.95. The van der Waals surface area contributed by atoms with E-state index >= 15 is 0 Å². The summed E-state index contributed by atoms with van der Waals surface area (Å²) in [5.41, 5.74) is 2.58. The minimum atomic E-state index is -0.659. The van der Waals surface area contributed by atoms with Crippen LogP contribution in [0.2, 0.25) is 0 Å². The summed E-state index contributed by atoms with van der Waals surface area (Å²) in [6.45, 7) is 2.01. The second-order valence-electron chi connectivity index (χ2n) is 6.57. The molecular weight excluding hydrogens is 565 g/mol. The fraction of sp³-hybridized carbons (Fsp3) is 0.130. The molecule has 1 aliphatic heterocycles. The first kappa shape index (κ1) is 23.6. The van der Waals surface area contributed by atoms with Crippen molar-refractivity contribution in [3.05, 3.63) is 97.6 Å². The molecule has 4 nitrogen and oxygen atoms in total. The van der Waals surface area contributed by atoms with Crippen LogP contribution in [0.15, 0.2) is 67.1 Å². The van der Waals surface area contributed by atoms with Gasteiger partial charge in [0.1, 0.15) is 0 Å². The standard InChI is InChI=1S/C13H11F2N2.C10H10N2.Pt/c1-17(2)10-5-6-16-13(8-10)11-4-3-9(14)7-12(11)15;1-11-7-8-12(9-11)10-5-3-2-4-6-10;/h3,5-8H,1-2H3;2-5,7-9H,1H3;/q-1;-2;. The molecule has 4 rings (SSSR count). The number of para-hydroxylation sites is 1. The fourth-order valence-electron chi connectivity index (χ4n) is 2.61. The summed E-state index contributed by atoms with van der Waals surface area (Å²) >= 11 is 0. The third-order valence-corrected chi connectivity index (χ3v) is 4.11. The number of aromatic nitrogens is 1. The molecule has 0 unspecified atom stereocenters. The van der Waals surface area contributed by atoms with E-state index in [4.69, 9.17) is 0 Å². The van der Waals surface area contributed by atoms with E-state index < -0.39 is 11.6 Å². The Morgan fingerprint density at radius 2 is 1.87 bits per heavy atom. The number of anilines is 2. The van der Waals surface area contributed by atoms with Gasteiger partial charge < -0.3 is 19.7 Å². The first-order chi connectivity index (χ1) is 13.9. The molecule has 0 fully saturated rings. The number of nitrogens with zero attached hydrogens (tertiary/aromatic N) is 4. The van der Waals surface area contributed by atoms with E-state index in [1.54, 1.807) is 12.3 Å². The quantitative estimate of drug-likeness (QED) is 0.415. The number of rotatable bonds is 3. The summed E-state index contributed by atoms with van der Waals surface area (Å²) in [4.78, 5) is 9.97. The number of hydrogen-bond acceptors (Lipinski definition) is 4. The van der Waals surface area contributed by atoms with Crippen LogP contribution in [0.25, 0.3) is 11.3 Å².